The van der Waals surface area contributed by atoms with Crippen molar-refractivity contribution in [3.63, 3.8) is 0 Å². The zero-order chi connectivity index (χ0) is 10.1. The highest BCUT2D eigenvalue weighted by Gasteiger charge is 2.31. The van der Waals surface area contributed by atoms with E-state index in [9.17, 15) is 0 Å². The average Bonchev–Trinajstić information content (AvgIpc) is 2.54. The molecule has 1 aliphatic rings. The van der Waals surface area contributed by atoms with E-state index in [2.05, 4.69) is 24.0 Å². The van der Waals surface area contributed by atoms with Gasteiger partial charge in [-0.2, -0.15) is 0 Å². The van der Waals surface area contributed by atoms with Gasteiger partial charge in [-0.25, -0.2) is 0 Å². The number of hydrogen-bond donors (Lipinski definition) is 1. The molecule has 4 heteroatoms. The van der Waals surface area contributed by atoms with E-state index in [-0.39, 0.29) is 6.61 Å². The van der Waals surface area contributed by atoms with Crippen LogP contribution in [-0.2, 0) is 13.2 Å². The Morgan fingerprint density at radius 3 is 2.64 bits per heavy atom. The van der Waals surface area contributed by atoms with Crippen LogP contribution in [0.4, 0.5) is 0 Å². The van der Waals surface area contributed by atoms with Crippen molar-refractivity contribution < 1.29 is 5.11 Å². The largest absolute Gasteiger partial charge is 0.388 e. The first-order valence-electron chi connectivity index (χ1n) is 5.29. The molecule has 1 N–H and O–H groups in total. The van der Waals surface area contributed by atoms with Gasteiger partial charge in [0, 0.05) is 12.5 Å². The molecule has 1 aliphatic carbocycles. The van der Waals surface area contributed by atoms with E-state index in [0.717, 1.165) is 18.3 Å². The molecule has 1 aromatic rings. The minimum atomic E-state index is -0.0108. The van der Waals surface area contributed by atoms with Crippen LogP contribution >= 0.6 is 0 Å². The number of aliphatic hydroxyl groups excluding tert-OH is 1. The summed E-state index contributed by atoms with van der Waals surface area (Å²) in [5.74, 6) is 3.15. The molecule has 14 heavy (non-hydrogen) atoms. The van der Waals surface area contributed by atoms with Crippen LogP contribution in [0.1, 0.15) is 44.3 Å². The predicted molar refractivity (Wildman–Crippen MR) is 52.8 cm³/mol. The lowest BCUT2D eigenvalue weighted by Crippen LogP contribution is -2.23. The lowest BCUT2D eigenvalue weighted by molar-refractivity contribution is 0.255. The highest BCUT2D eigenvalue weighted by Crippen LogP contribution is 2.40. The van der Waals surface area contributed by atoms with Crippen molar-refractivity contribution in [2.45, 2.75) is 45.8 Å². The summed E-state index contributed by atoms with van der Waals surface area (Å²) in [6, 6.07) is 0. The summed E-state index contributed by atoms with van der Waals surface area (Å²) in [5, 5.41) is 17.2. The third kappa shape index (κ3) is 1.43. The van der Waals surface area contributed by atoms with Crippen molar-refractivity contribution in [2.24, 2.45) is 5.92 Å². The van der Waals surface area contributed by atoms with Crippen molar-refractivity contribution in [1.82, 2.24) is 14.8 Å². The van der Waals surface area contributed by atoms with Gasteiger partial charge in [-0.1, -0.05) is 6.92 Å². The van der Waals surface area contributed by atoms with Gasteiger partial charge in [0.2, 0.25) is 0 Å². The van der Waals surface area contributed by atoms with E-state index in [1.807, 2.05) is 4.57 Å². The molecule has 0 spiro atoms. The van der Waals surface area contributed by atoms with Crippen molar-refractivity contribution in [3.05, 3.63) is 11.6 Å². The minimum Gasteiger partial charge on any atom is -0.388 e. The quantitative estimate of drug-likeness (QED) is 0.791. The lowest BCUT2D eigenvalue weighted by atomic mass is 9.75. The molecular weight excluding hydrogens is 178 g/mol. The minimum absolute atomic E-state index is 0.0108. The number of hydrogen-bond acceptors (Lipinski definition) is 3. The predicted octanol–water partition coefficient (Wildman–Crippen LogP) is 1.30. The summed E-state index contributed by atoms with van der Waals surface area (Å²) in [7, 11) is 0. The zero-order valence-corrected chi connectivity index (χ0v) is 8.77. The summed E-state index contributed by atoms with van der Waals surface area (Å²) < 4.78 is 2.04. The maximum Gasteiger partial charge on any atom is 0.158 e. The molecule has 0 saturated heterocycles. The molecule has 1 saturated carbocycles. The summed E-state index contributed by atoms with van der Waals surface area (Å²) in [6.07, 6.45) is 2.42. The van der Waals surface area contributed by atoms with Crippen LogP contribution in [-0.4, -0.2) is 19.9 Å². The van der Waals surface area contributed by atoms with Crippen LogP contribution in [0.5, 0.6) is 0 Å². The molecule has 78 valence electrons. The molecule has 1 fully saturated rings. The third-order valence-electron chi connectivity index (χ3n) is 3.05. The second-order valence-corrected chi connectivity index (χ2v) is 4.15. The van der Waals surface area contributed by atoms with Gasteiger partial charge < -0.3 is 9.67 Å². The topological polar surface area (TPSA) is 50.9 Å². The van der Waals surface area contributed by atoms with Gasteiger partial charge in [-0.05, 0) is 25.7 Å². The second kappa shape index (κ2) is 3.69. The second-order valence-electron chi connectivity index (χ2n) is 4.15. The Bertz CT molecular complexity index is 315. The maximum atomic E-state index is 9.06. The van der Waals surface area contributed by atoms with Crippen molar-refractivity contribution >= 4 is 0 Å². The average molecular weight is 195 g/mol. The van der Waals surface area contributed by atoms with Gasteiger partial charge in [0.15, 0.2) is 5.82 Å². The Morgan fingerprint density at radius 1 is 1.43 bits per heavy atom. The molecule has 0 radical (unpaired) electrons. The van der Waals surface area contributed by atoms with Crippen molar-refractivity contribution in [3.8, 4) is 0 Å². The molecule has 0 atom stereocenters. The van der Waals surface area contributed by atoms with Gasteiger partial charge in [0.25, 0.3) is 0 Å². The molecule has 2 rings (SSSR count). The van der Waals surface area contributed by atoms with Gasteiger partial charge >= 0.3 is 0 Å². The van der Waals surface area contributed by atoms with Gasteiger partial charge in [-0.3, -0.25) is 0 Å². The van der Waals surface area contributed by atoms with Gasteiger partial charge in [0.1, 0.15) is 12.4 Å². The molecule has 0 aromatic carbocycles. The van der Waals surface area contributed by atoms with Gasteiger partial charge in [0.05, 0.1) is 0 Å². The standard InChI is InChI=1S/C10H17N3O/c1-3-13-9(6-14)11-12-10(13)8-4-7(2)5-8/h7-8,14H,3-6H2,1-2H3. The molecule has 0 amide bonds. The molecule has 1 aromatic heterocycles. The highest BCUT2D eigenvalue weighted by atomic mass is 16.3. The van der Waals surface area contributed by atoms with Crippen LogP contribution in [0.25, 0.3) is 0 Å². The first kappa shape index (κ1) is 9.65. The van der Waals surface area contributed by atoms with Gasteiger partial charge in [-0.15, -0.1) is 10.2 Å². The molecule has 4 nitrogen and oxygen atoms in total. The van der Waals surface area contributed by atoms with E-state index < -0.39 is 0 Å². The maximum absolute atomic E-state index is 9.06. The van der Waals surface area contributed by atoms with E-state index >= 15 is 0 Å². The van der Waals surface area contributed by atoms with Crippen LogP contribution in [0.15, 0.2) is 0 Å². The van der Waals surface area contributed by atoms with Crippen LogP contribution in [0.2, 0.25) is 0 Å². The summed E-state index contributed by atoms with van der Waals surface area (Å²) in [4.78, 5) is 0. The van der Waals surface area contributed by atoms with Crippen LogP contribution in [0, 0.1) is 5.92 Å². The fourth-order valence-corrected chi connectivity index (χ4v) is 2.23. The lowest BCUT2D eigenvalue weighted by Gasteiger charge is -2.31. The zero-order valence-electron chi connectivity index (χ0n) is 8.77. The van der Waals surface area contributed by atoms with E-state index in [1.165, 1.54) is 12.8 Å². The Labute approximate surface area is 84.0 Å². The third-order valence-corrected chi connectivity index (χ3v) is 3.05. The summed E-state index contributed by atoms with van der Waals surface area (Å²) >= 11 is 0. The Balaban J connectivity index is 2.20. The fraction of sp³-hybridized carbons (Fsp3) is 0.800. The fourth-order valence-electron chi connectivity index (χ4n) is 2.23. The normalized spacial score (nSPS) is 26.2. The first-order valence-corrected chi connectivity index (χ1v) is 5.29. The molecule has 1 heterocycles. The highest BCUT2D eigenvalue weighted by molar-refractivity contribution is 5.06. The first-order chi connectivity index (χ1) is 6.76. The summed E-state index contributed by atoms with van der Waals surface area (Å²) in [5.41, 5.74) is 0. The number of aliphatic hydroxyl groups is 1. The SMILES string of the molecule is CCn1c(CO)nnc1C1CC(C)C1. The number of nitrogens with zero attached hydrogens (tertiary/aromatic N) is 3. The summed E-state index contributed by atoms with van der Waals surface area (Å²) in [6.45, 7) is 5.16. The molecule has 0 unspecified atom stereocenters. The van der Waals surface area contributed by atoms with E-state index in [4.69, 9.17) is 5.11 Å². The number of aromatic nitrogens is 3. The molecule has 0 bridgehead atoms. The number of rotatable bonds is 3. The molecule has 0 aliphatic heterocycles. The Hall–Kier alpha value is -0.900. The smallest absolute Gasteiger partial charge is 0.158 e. The Morgan fingerprint density at radius 2 is 2.14 bits per heavy atom. The van der Waals surface area contributed by atoms with Crippen molar-refractivity contribution in [1.29, 1.82) is 0 Å². The van der Waals surface area contributed by atoms with E-state index in [1.54, 1.807) is 0 Å². The monoisotopic (exact) mass is 195 g/mol. The van der Waals surface area contributed by atoms with Crippen LogP contribution in [0.3, 0.4) is 0 Å². The van der Waals surface area contributed by atoms with Crippen LogP contribution < -0.4 is 0 Å². The molecular formula is C10H17N3O. The van der Waals surface area contributed by atoms with Crippen molar-refractivity contribution in [2.75, 3.05) is 0 Å². The van der Waals surface area contributed by atoms with E-state index in [0.29, 0.717) is 11.7 Å². The Kier molecular flexibility index (Phi) is 2.54.